The van der Waals surface area contributed by atoms with Gasteiger partial charge in [-0.25, -0.2) is 4.39 Å². The van der Waals surface area contributed by atoms with Crippen LogP contribution in [0.15, 0.2) is 24.1 Å². The van der Waals surface area contributed by atoms with E-state index in [9.17, 15) is 4.39 Å². The van der Waals surface area contributed by atoms with Gasteiger partial charge >= 0.3 is 0 Å². The summed E-state index contributed by atoms with van der Waals surface area (Å²) in [5.41, 5.74) is 0. The predicted octanol–water partition coefficient (Wildman–Crippen LogP) is 1.96. The van der Waals surface area contributed by atoms with Crippen LogP contribution in [-0.2, 0) is 0 Å². The SMILES string of the molecule is CCN(CCNC)C1C(F)=CC=CC1C. The van der Waals surface area contributed by atoms with Gasteiger partial charge in [0.2, 0.25) is 0 Å². The van der Waals surface area contributed by atoms with Gasteiger partial charge in [-0.3, -0.25) is 4.90 Å². The molecule has 1 rings (SSSR count). The second-order valence-electron chi connectivity index (χ2n) is 3.97. The standard InChI is InChI=1S/C12H21FN2/c1-4-15(9-8-14-3)12-10(2)6-5-7-11(12)13/h5-7,10,12,14H,4,8-9H2,1-3H3. The van der Waals surface area contributed by atoms with Gasteiger partial charge in [0.1, 0.15) is 5.83 Å². The number of hydrogen-bond acceptors (Lipinski definition) is 2. The minimum atomic E-state index is -0.0756. The highest BCUT2D eigenvalue weighted by Gasteiger charge is 2.27. The molecule has 15 heavy (non-hydrogen) atoms. The van der Waals surface area contributed by atoms with E-state index in [1.807, 2.05) is 13.1 Å². The van der Waals surface area contributed by atoms with Gasteiger partial charge in [0.15, 0.2) is 0 Å². The van der Waals surface area contributed by atoms with Gasteiger partial charge in [-0.1, -0.05) is 26.0 Å². The first-order chi connectivity index (χ1) is 7.20. The zero-order valence-electron chi connectivity index (χ0n) is 9.83. The van der Waals surface area contributed by atoms with Gasteiger partial charge < -0.3 is 5.32 Å². The van der Waals surface area contributed by atoms with E-state index in [1.165, 1.54) is 0 Å². The van der Waals surface area contributed by atoms with Gasteiger partial charge in [0.05, 0.1) is 6.04 Å². The van der Waals surface area contributed by atoms with Crippen molar-refractivity contribution in [2.75, 3.05) is 26.7 Å². The van der Waals surface area contributed by atoms with Crippen LogP contribution < -0.4 is 5.32 Å². The van der Waals surface area contributed by atoms with Crippen molar-refractivity contribution in [2.45, 2.75) is 19.9 Å². The maximum atomic E-state index is 13.7. The summed E-state index contributed by atoms with van der Waals surface area (Å²) >= 11 is 0. The number of allylic oxidation sites excluding steroid dienone is 2. The summed E-state index contributed by atoms with van der Waals surface area (Å²) < 4.78 is 13.7. The van der Waals surface area contributed by atoms with Crippen LogP contribution in [0.3, 0.4) is 0 Å². The highest BCUT2D eigenvalue weighted by Crippen LogP contribution is 2.25. The Morgan fingerprint density at radius 2 is 2.27 bits per heavy atom. The van der Waals surface area contributed by atoms with Crippen LogP contribution in [0, 0.1) is 5.92 Å². The average molecular weight is 212 g/mol. The zero-order valence-corrected chi connectivity index (χ0v) is 9.83. The van der Waals surface area contributed by atoms with Crippen molar-refractivity contribution in [1.29, 1.82) is 0 Å². The van der Waals surface area contributed by atoms with Crippen LogP contribution >= 0.6 is 0 Å². The molecule has 0 heterocycles. The second-order valence-corrected chi connectivity index (χ2v) is 3.97. The van der Waals surface area contributed by atoms with E-state index < -0.39 is 0 Å². The molecular formula is C12H21FN2. The molecule has 0 aliphatic heterocycles. The van der Waals surface area contributed by atoms with Crippen LogP contribution in [0.25, 0.3) is 0 Å². The maximum absolute atomic E-state index is 13.7. The molecule has 3 heteroatoms. The summed E-state index contributed by atoms with van der Waals surface area (Å²) in [4.78, 5) is 2.18. The van der Waals surface area contributed by atoms with Crippen molar-refractivity contribution in [1.82, 2.24) is 10.2 Å². The Morgan fingerprint density at radius 1 is 1.53 bits per heavy atom. The molecule has 0 saturated heterocycles. The number of nitrogens with zero attached hydrogens (tertiary/aromatic N) is 1. The fraction of sp³-hybridized carbons (Fsp3) is 0.667. The Hall–Kier alpha value is -0.670. The number of hydrogen-bond donors (Lipinski definition) is 1. The van der Waals surface area contributed by atoms with Crippen LogP contribution in [0.5, 0.6) is 0 Å². The minimum absolute atomic E-state index is 0.0112. The number of halogens is 1. The highest BCUT2D eigenvalue weighted by molar-refractivity contribution is 5.21. The number of nitrogens with one attached hydrogen (secondary N) is 1. The Balaban J connectivity index is 2.65. The topological polar surface area (TPSA) is 15.3 Å². The molecule has 0 fully saturated rings. The lowest BCUT2D eigenvalue weighted by Gasteiger charge is -2.34. The number of rotatable bonds is 5. The van der Waals surface area contributed by atoms with E-state index in [1.54, 1.807) is 6.08 Å². The normalized spacial score (nSPS) is 25.8. The molecule has 0 spiro atoms. The third kappa shape index (κ3) is 3.14. The summed E-state index contributed by atoms with van der Waals surface area (Å²) in [5, 5.41) is 3.10. The molecular weight excluding hydrogens is 191 g/mol. The fourth-order valence-electron chi connectivity index (χ4n) is 2.03. The zero-order chi connectivity index (χ0) is 11.3. The molecule has 2 atom stereocenters. The fourth-order valence-corrected chi connectivity index (χ4v) is 2.03. The smallest absolute Gasteiger partial charge is 0.118 e. The van der Waals surface area contributed by atoms with Crippen molar-refractivity contribution in [2.24, 2.45) is 5.92 Å². The molecule has 0 aromatic carbocycles. The minimum Gasteiger partial charge on any atom is -0.318 e. The summed E-state index contributed by atoms with van der Waals surface area (Å²) in [5.74, 6) is 0.245. The molecule has 0 aromatic rings. The van der Waals surface area contributed by atoms with E-state index in [2.05, 4.69) is 30.1 Å². The quantitative estimate of drug-likeness (QED) is 0.749. The Morgan fingerprint density at radius 3 is 2.80 bits per heavy atom. The summed E-state index contributed by atoms with van der Waals surface area (Å²) in [6, 6.07) is -0.0756. The van der Waals surface area contributed by atoms with E-state index in [0.29, 0.717) is 0 Å². The first kappa shape index (κ1) is 12.4. The number of likely N-dealkylation sites (N-methyl/N-ethyl adjacent to an activating group) is 2. The van der Waals surface area contributed by atoms with Gasteiger partial charge in [0, 0.05) is 13.1 Å². The van der Waals surface area contributed by atoms with Crippen molar-refractivity contribution in [3.05, 3.63) is 24.1 Å². The first-order valence-corrected chi connectivity index (χ1v) is 5.63. The van der Waals surface area contributed by atoms with Crippen molar-refractivity contribution < 1.29 is 4.39 Å². The lowest BCUT2D eigenvalue weighted by Crippen LogP contribution is -2.43. The Labute approximate surface area is 91.8 Å². The maximum Gasteiger partial charge on any atom is 0.118 e. The van der Waals surface area contributed by atoms with Gasteiger partial charge in [-0.15, -0.1) is 0 Å². The Bertz CT molecular complexity index is 248. The molecule has 0 bridgehead atoms. The predicted molar refractivity (Wildman–Crippen MR) is 62.5 cm³/mol. The van der Waals surface area contributed by atoms with E-state index >= 15 is 0 Å². The molecule has 0 saturated carbocycles. The Kier molecular flexibility index (Phi) is 4.99. The van der Waals surface area contributed by atoms with Gasteiger partial charge in [0.25, 0.3) is 0 Å². The van der Waals surface area contributed by atoms with E-state index in [4.69, 9.17) is 0 Å². The first-order valence-electron chi connectivity index (χ1n) is 5.63. The molecule has 2 unspecified atom stereocenters. The summed E-state index contributed by atoms with van der Waals surface area (Å²) in [6.07, 6.45) is 5.45. The molecule has 0 radical (unpaired) electrons. The second kappa shape index (κ2) is 6.03. The highest BCUT2D eigenvalue weighted by atomic mass is 19.1. The van der Waals surface area contributed by atoms with E-state index in [-0.39, 0.29) is 17.8 Å². The van der Waals surface area contributed by atoms with Gasteiger partial charge in [-0.2, -0.15) is 0 Å². The average Bonchev–Trinajstić information content (AvgIpc) is 2.22. The van der Waals surface area contributed by atoms with Crippen LogP contribution in [-0.4, -0.2) is 37.6 Å². The molecule has 1 aliphatic rings. The van der Waals surface area contributed by atoms with Crippen LogP contribution in [0.4, 0.5) is 4.39 Å². The van der Waals surface area contributed by atoms with E-state index in [0.717, 1.165) is 19.6 Å². The largest absolute Gasteiger partial charge is 0.318 e. The molecule has 1 aliphatic carbocycles. The van der Waals surface area contributed by atoms with Crippen molar-refractivity contribution in [3.63, 3.8) is 0 Å². The summed E-state index contributed by atoms with van der Waals surface area (Å²) in [6.45, 7) is 6.81. The molecule has 1 N–H and O–H groups in total. The molecule has 0 amide bonds. The van der Waals surface area contributed by atoms with Crippen LogP contribution in [0.1, 0.15) is 13.8 Å². The molecule has 0 aromatic heterocycles. The van der Waals surface area contributed by atoms with Crippen LogP contribution in [0.2, 0.25) is 0 Å². The third-order valence-electron chi connectivity index (χ3n) is 2.90. The molecule has 86 valence electrons. The lowest BCUT2D eigenvalue weighted by atomic mass is 9.94. The summed E-state index contributed by atoms with van der Waals surface area (Å²) in [7, 11) is 1.92. The van der Waals surface area contributed by atoms with Crippen molar-refractivity contribution in [3.8, 4) is 0 Å². The van der Waals surface area contributed by atoms with Gasteiger partial charge in [-0.05, 0) is 25.6 Å². The lowest BCUT2D eigenvalue weighted by molar-refractivity contribution is 0.178. The molecule has 2 nitrogen and oxygen atoms in total. The van der Waals surface area contributed by atoms with Crippen molar-refractivity contribution >= 4 is 0 Å². The monoisotopic (exact) mass is 212 g/mol. The third-order valence-corrected chi connectivity index (χ3v) is 2.90.